The van der Waals surface area contributed by atoms with E-state index in [2.05, 4.69) is 15.3 Å². The molecule has 0 unspecified atom stereocenters. The van der Waals surface area contributed by atoms with E-state index in [0.29, 0.717) is 6.54 Å². The second-order valence-corrected chi connectivity index (χ2v) is 4.04. The summed E-state index contributed by atoms with van der Waals surface area (Å²) in [6, 6.07) is 0. The number of nitrogens with one attached hydrogen (secondary N) is 1. The largest absolute Gasteiger partial charge is 0.480 e. The van der Waals surface area contributed by atoms with Crippen molar-refractivity contribution >= 4 is 17.7 Å². The van der Waals surface area contributed by atoms with Crippen LogP contribution in [0.3, 0.4) is 0 Å². The summed E-state index contributed by atoms with van der Waals surface area (Å²) in [7, 11) is 0. The van der Waals surface area contributed by atoms with E-state index in [1.807, 2.05) is 6.92 Å². The summed E-state index contributed by atoms with van der Waals surface area (Å²) in [6.45, 7) is 2.46. The number of rotatable bonds is 6. The Hall–Kier alpha value is -1.14. The van der Waals surface area contributed by atoms with Gasteiger partial charge in [0, 0.05) is 24.5 Å². The van der Waals surface area contributed by atoms with Crippen LogP contribution >= 0.6 is 11.8 Å². The lowest BCUT2D eigenvalue weighted by Crippen LogP contribution is -2.22. The fraction of sp³-hybridized carbons (Fsp3) is 0.444. The monoisotopic (exact) mass is 227 g/mol. The van der Waals surface area contributed by atoms with E-state index in [1.54, 1.807) is 24.2 Å². The third-order valence-electron chi connectivity index (χ3n) is 1.56. The van der Waals surface area contributed by atoms with Crippen molar-refractivity contribution in [3.63, 3.8) is 0 Å². The van der Waals surface area contributed by atoms with Gasteiger partial charge in [-0.15, -0.1) is 0 Å². The van der Waals surface area contributed by atoms with Crippen molar-refractivity contribution in [3.05, 3.63) is 18.0 Å². The highest BCUT2D eigenvalue weighted by Crippen LogP contribution is 2.10. The molecule has 15 heavy (non-hydrogen) atoms. The number of hydrogen-bond donors (Lipinski definition) is 2. The van der Waals surface area contributed by atoms with Crippen LogP contribution < -0.4 is 5.32 Å². The Labute approximate surface area is 92.3 Å². The van der Waals surface area contributed by atoms with E-state index in [4.69, 9.17) is 5.11 Å². The maximum absolute atomic E-state index is 10.2. The third kappa shape index (κ3) is 4.75. The Balaban J connectivity index is 2.39. The van der Waals surface area contributed by atoms with Crippen molar-refractivity contribution in [2.75, 3.05) is 12.3 Å². The number of aromatic nitrogens is 2. The van der Waals surface area contributed by atoms with E-state index < -0.39 is 5.97 Å². The van der Waals surface area contributed by atoms with Crippen molar-refractivity contribution in [1.82, 2.24) is 15.3 Å². The van der Waals surface area contributed by atoms with Crippen LogP contribution in [0.1, 0.15) is 12.5 Å². The van der Waals surface area contributed by atoms with Gasteiger partial charge >= 0.3 is 5.97 Å². The van der Waals surface area contributed by atoms with Gasteiger partial charge in [-0.3, -0.25) is 4.79 Å². The fourth-order valence-electron chi connectivity index (χ4n) is 0.952. The van der Waals surface area contributed by atoms with Gasteiger partial charge in [0.1, 0.15) is 0 Å². The first-order valence-corrected chi connectivity index (χ1v) is 5.57. The van der Waals surface area contributed by atoms with Gasteiger partial charge in [0.2, 0.25) is 0 Å². The van der Waals surface area contributed by atoms with Gasteiger partial charge in [-0.05, 0) is 5.75 Å². The second kappa shape index (κ2) is 6.36. The standard InChI is InChI=1S/C9H13N3O2S/c1-2-15-9-11-4-7(5-12-9)3-10-6-8(13)14/h4-5,10H,2-3,6H2,1H3,(H,13,14). The highest BCUT2D eigenvalue weighted by molar-refractivity contribution is 7.99. The van der Waals surface area contributed by atoms with E-state index in [-0.39, 0.29) is 6.54 Å². The van der Waals surface area contributed by atoms with Crippen LogP contribution in [0.5, 0.6) is 0 Å². The van der Waals surface area contributed by atoms with Gasteiger partial charge in [0.05, 0.1) is 6.54 Å². The zero-order valence-electron chi connectivity index (χ0n) is 8.43. The van der Waals surface area contributed by atoms with Gasteiger partial charge in [-0.2, -0.15) is 0 Å². The molecule has 1 rings (SSSR count). The normalized spacial score (nSPS) is 10.2. The van der Waals surface area contributed by atoms with Gasteiger partial charge < -0.3 is 10.4 Å². The molecule has 0 aromatic carbocycles. The maximum Gasteiger partial charge on any atom is 0.317 e. The van der Waals surface area contributed by atoms with Gasteiger partial charge in [0.25, 0.3) is 0 Å². The number of thioether (sulfide) groups is 1. The van der Waals surface area contributed by atoms with Gasteiger partial charge in [-0.25, -0.2) is 9.97 Å². The number of carboxylic acid groups (broad SMARTS) is 1. The van der Waals surface area contributed by atoms with Crippen LogP contribution in [0.4, 0.5) is 0 Å². The van der Waals surface area contributed by atoms with Crippen molar-refractivity contribution < 1.29 is 9.90 Å². The van der Waals surface area contributed by atoms with Crippen LogP contribution in [-0.2, 0) is 11.3 Å². The zero-order valence-corrected chi connectivity index (χ0v) is 9.25. The molecule has 0 aliphatic heterocycles. The Kier molecular flexibility index (Phi) is 5.06. The number of carbonyl (C=O) groups is 1. The summed E-state index contributed by atoms with van der Waals surface area (Å²) in [5.41, 5.74) is 0.886. The van der Waals surface area contributed by atoms with Gasteiger partial charge in [-0.1, -0.05) is 18.7 Å². The summed E-state index contributed by atoms with van der Waals surface area (Å²) in [5.74, 6) is 0.0745. The van der Waals surface area contributed by atoms with Gasteiger partial charge in [0.15, 0.2) is 5.16 Å². The highest BCUT2D eigenvalue weighted by atomic mass is 32.2. The minimum absolute atomic E-state index is 0.0501. The SMILES string of the molecule is CCSc1ncc(CNCC(=O)O)cn1. The summed E-state index contributed by atoms with van der Waals surface area (Å²) in [4.78, 5) is 18.5. The van der Waals surface area contributed by atoms with E-state index >= 15 is 0 Å². The van der Waals surface area contributed by atoms with E-state index in [9.17, 15) is 4.79 Å². The molecule has 1 heterocycles. The number of nitrogens with zero attached hydrogens (tertiary/aromatic N) is 2. The first-order valence-electron chi connectivity index (χ1n) is 4.58. The molecule has 2 N–H and O–H groups in total. The molecule has 82 valence electrons. The smallest absolute Gasteiger partial charge is 0.317 e. The fourth-order valence-corrected chi connectivity index (χ4v) is 1.46. The third-order valence-corrected chi connectivity index (χ3v) is 2.32. The van der Waals surface area contributed by atoms with Crippen LogP contribution in [-0.4, -0.2) is 33.3 Å². The minimum atomic E-state index is -0.867. The summed E-state index contributed by atoms with van der Waals surface area (Å²) in [6.07, 6.45) is 3.42. The summed E-state index contributed by atoms with van der Waals surface area (Å²) >= 11 is 1.58. The van der Waals surface area contributed by atoms with Crippen LogP contribution in [0.25, 0.3) is 0 Å². The minimum Gasteiger partial charge on any atom is -0.480 e. The topological polar surface area (TPSA) is 75.1 Å². The lowest BCUT2D eigenvalue weighted by Gasteiger charge is -2.02. The molecule has 5 nitrogen and oxygen atoms in total. The lowest BCUT2D eigenvalue weighted by molar-refractivity contribution is -0.135. The first-order chi connectivity index (χ1) is 7.22. The quantitative estimate of drug-likeness (QED) is 0.552. The zero-order chi connectivity index (χ0) is 11.1. The van der Waals surface area contributed by atoms with Crippen molar-refractivity contribution in [3.8, 4) is 0 Å². The molecule has 6 heteroatoms. The van der Waals surface area contributed by atoms with E-state index in [1.165, 1.54) is 0 Å². The predicted octanol–water partition coefficient (Wildman–Crippen LogP) is 0.763. The molecular weight excluding hydrogens is 214 g/mol. The number of carboxylic acids is 1. The lowest BCUT2D eigenvalue weighted by atomic mass is 10.3. The molecule has 0 amide bonds. The summed E-state index contributed by atoms with van der Waals surface area (Å²) < 4.78 is 0. The van der Waals surface area contributed by atoms with Crippen LogP contribution in [0.15, 0.2) is 17.6 Å². The molecule has 0 bridgehead atoms. The molecular formula is C9H13N3O2S. The molecule has 0 atom stereocenters. The summed E-state index contributed by atoms with van der Waals surface area (Å²) in [5, 5.41) is 11.9. The average molecular weight is 227 g/mol. The van der Waals surface area contributed by atoms with E-state index in [0.717, 1.165) is 16.5 Å². The molecule has 1 aromatic heterocycles. The Morgan fingerprint density at radius 1 is 1.53 bits per heavy atom. The molecule has 0 saturated heterocycles. The molecule has 0 fully saturated rings. The Bertz CT molecular complexity index is 316. The maximum atomic E-state index is 10.2. The molecule has 0 saturated carbocycles. The Morgan fingerprint density at radius 2 is 2.20 bits per heavy atom. The molecule has 1 aromatic rings. The van der Waals surface area contributed by atoms with Crippen LogP contribution in [0, 0.1) is 0 Å². The highest BCUT2D eigenvalue weighted by Gasteiger charge is 1.99. The van der Waals surface area contributed by atoms with Crippen LogP contribution in [0.2, 0.25) is 0 Å². The van der Waals surface area contributed by atoms with Crippen molar-refractivity contribution in [2.45, 2.75) is 18.6 Å². The molecule has 0 aliphatic carbocycles. The number of hydrogen-bond acceptors (Lipinski definition) is 5. The average Bonchev–Trinajstić information content (AvgIpc) is 2.20. The second-order valence-electron chi connectivity index (χ2n) is 2.80. The molecule has 0 aliphatic rings. The van der Waals surface area contributed by atoms with Crippen molar-refractivity contribution in [1.29, 1.82) is 0 Å². The first kappa shape index (κ1) is 11.9. The predicted molar refractivity (Wildman–Crippen MR) is 57.8 cm³/mol. The number of aliphatic carboxylic acids is 1. The molecule has 0 spiro atoms. The van der Waals surface area contributed by atoms with Crippen molar-refractivity contribution in [2.24, 2.45) is 0 Å². The molecule has 0 radical (unpaired) electrons. The Morgan fingerprint density at radius 3 is 2.73 bits per heavy atom.